The molecular weight excluding hydrogens is 258 g/mol. The molecule has 2 rings (SSSR count). The molecule has 1 aromatic rings. The van der Waals surface area contributed by atoms with Crippen molar-refractivity contribution in [1.29, 1.82) is 0 Å². The van der Waals surface area contributed by atoms with Crippen LogP contribution in [0, 0.1) is 5.92 Å². The molecule has 2 atom stereocenters. The van der Waals surface area contributed by atoms with Crippen LogP contribution in [0.2, 0.25) is 4.34 Å². The van der Waals surface area contributed by atoms with E-state index in [1.54, 1.807) is 11.3 Å². The molecule has 1 nitrogen and oxygen atoms in total. The van der Waals surface area contributed by atoms with Gasteiger partial charge in [-0.2, -0.15) is 0 Å². The predicted molar refractivity (Wildman–Crippen MR) is 56.9 cm³/mol. The van der Waals surface area contributed by atoms with Gasteiger partial charge >= 0.3 is 0 Å². The van der Waals surface area contributed by atoms with Gasteiger partial charge in [0.1, 0.15) is 4.34 Å². The van der Waals surface area contributed by atoms with Crippen LogP contribution in [0.1, 0.15) is 17.2 Å². The molecule has 1 saturated carbocycles. The number of hydrogen-bond donors (Lipinski definition) is 1. The molecule has 1 fully saturated rings. The van der Waals surface area contributed by atoms with E-state index in [2.05, 4.69) is 22.0 Å². The highest BCUT2D eigenvalue weighted by molar-refractivity contribution is 9.10. The molecule has 1 aliphatic carbocycles. The van der Waals surface area contributed by atoms with Crippen molar-refractivity contribution in [1.82, 2.24) is 0 Å². The fourth-order valence-electron chi connectivity index (χ4n) is 1.40. The third kappa shape index (κ3) is 1.55. The first-order valence-corrected chi connectivity index (χ1v) is 5.86. The zero-order chi connectivity index (χ0) is 8.72. The van der Waals surface area contributed by atoms with Crippen molar-refractivity contribution in [2.75, 3.05) is 6.54 Å². The van der Waals surface area contributed by atoms with Crippen LogP contribution in [-0.4, -0.2) is 6.54 Å². The van der Waals surface area contributed by atoms with Gasteiger partial charge in [0.15, 0.2) is 0 Å². The van der Waals surface area contributed by atoms with Crippen LogP contribution in [0.3, 0.4) is 0 Å². The largest absolute Gasteiger partial charge is 0.330 e. The lowest BCUT2D eigenvalue weighted by Gasteiger charge is -1.90. The average Bonchev–Trinajstić information content (AvgIpc) is 2.75. The molecule has 12 heavy (non-hydrogen) atoms. The third-order valence-electron chi connectivity index (χ3n) is 2.25. The Balaban J connectivity index is 2.15. The fraction of sp³-hybridized carbons (Fsp3) is 0.500. The van der Waals surface area contributed by atoms with Crippen molar-refractivity contribution in [2.24, 2.45) is 11.7 Å². The van der Waals surface area contributed by atoms with E-state index in [0.29, 0.717) is 11.8 Å². The van der Waals surface area contributed by atoms with E-state index < -0.39 is 0 Å². The summed E-state index contributed by atoms with van der Waals surface area (Å²) in [6.07, 6.45) is 1.24. The van der Waals surface area contributed by atoms with E-state index in [9.17, 15) is 0 Å². The molecule has 0 amide bonds. The number of hydrogen-bond acceptors (Lipinski definition) is 2. The summed E-state index contributed by atoms with van der Waals surface area (Å²) in [4.78, 5) is 1.38. The van der Waals surface area contributed by atoms with Gasteiger partial charge in [0.25, 0.3) is 0 Å². The van der Waals surface area contributed by atoms with Crippen LogP contribution in [0.25, 0.3) is 0 Å². The molecule has 0 spiro atoms. The monoisotopic (exact) mass is 265 g/mol. The van der Waals surface area contributed by atoms with Gasteiger partial charge in [0.05, 0.1) is 0 Å². The number of rotatable bonds is 2. The molecule has 2 unspecified atom stereocenters. The van der Waals surface area contributed by atoms with E-state index in [4.69, 9.17) is 17.3 Å². The van der Waals surface area contributed by atoms with Gasteiger partial charge in [-0.3, -0.25) is 0 Å². The molecule has 1 heterocycles. The average molecular weight is 267 g/mol. The second-order valence-corrected chi connectivity index (χ2v) is 5.65. The van der Waals surface area contributed by atoms with Gasteiger partial charge < -0.3 is 5.73 Å². The van der Waals surface area contributed by atoms with Crippen LogP contribution >= 0.6 is 38.9 Å². The van der Waals surface area contributed by atoms with Crippen molar-refractivity contribution in [3.63, 3.8) is 0 Å². The first kappa shape index (κ1) is 9.00. The number of halogens is 2. The molecule has 0 aromatic carbocycles. The lowest BCUT2D eigenvalue weighted by atomic mass is 10.3. The molecule has 4 heteroatoms. The van der Waals surface area contributed by atoms with Gasteiger partial charge in [-0.05, 0) is 46.8 Å². The van der Waals surface area contributed by atoms with Crippen molar-refractivity contribution in [3.05, 3.63) is 19.8 Å². The summed E-state index contributed by atoms with van der Waals surface area (Å²) in [6, 6.07) is 2.12. The normalized spacial score (nSPS) is 27.6. The molecule has 0 radical (unpaired) electrons. The first-order chi connectivity index (χ1) is 5.72. The Hall–Kier alpha value is 0.430. The minimum Gasteiger partial charge on any atom is -0.330 e. The summed E-state index contributed by atoms with van der Waals surface area (Å²) < 4.78 is 1.87. The Kier molecular flexibility index (Phi) is 2.47. The third-order valence-corrected chi connectivity index (χ3v) is 4.86. The molecule has 66 valence electrons. The molecule has 0 aliphatic heterocycles. The molecular formula is C8H9BrClNS. The summed E-state index contributed by atoms with van der Waals surface area (Å²) in [5.74, 6) is 1.38. The van der Waals surface area contributed by atoms with E-state index in [-0.39, 0.29) is 0 Å². The van der Waals surface area contributed by atoms with Gasteiger partial charge in [-0.25, -0.2) is 0 Å². The number of thiophene rings is 1. The summed E-state index contributed by atoms with van der Waals surface area (Å²) in [5.41, 5.74) is 5.57. The van der Waals surface area contributed by atoms with E-state index in [0.717, 1.165) is 15.4 Å². The Morgan fingerprint density at radius 1 is 1.75 bits per heavy atom. The molecule has 1 aliphatic rings. The Bertz CT molecular complexity index is 280. The summed E-state index contributed by atoms with van der Waals surface area (Å²) in [6.45, 7) is 0.803. The second-order valence-electron chi connectivity index (χ2n) is 3.11. The summed E-state index contributed by atoms with van der Waals surface area (Å²) >= 11 is 11.0. The first-order valence-electron chi connectivity index (χ1n) is 3.87. The molecule has 1 aromatic heterocycles. The van der Waals surface area contributed by atoms with Gasteiger partial charge in [0.2, 0.25) is 0 Å². The van der Waals surface area contributed by atoms with E-state index in [1.165, 1.54) is 11.3 Å². The molecule has 0 saturated heterocycles. The van der Waals surface area contributed by atoms with E-state index in [1.807, 2.05) is 0 Å². The zero-order valence-corrected chi connectivity index (χ0v) is 9.55. The van der Waals surface area contributed by atoms with Crippen LogP contribution in [-0.2, 0) is 0 Å². The van der Waals surface area contributed by atoms with Crippen molar-refractivity contribution < 1.29 is 0 Å². The maximum Gasteiger partial charge on any atom is 0.107 e. The molecule has 2 N–H and O–H groups in total. The second kappa shape index (κ2) is 3.29. The van der Waals surface area contributed by atoms with Crippen LogP contribution < -0.4 is 5.73 Å². The summed E-state index contributed by atoms with van der Waals surface area (Å²) in [5, 5.41) is 0. The van der Waals surface area contributed by atoms with Crippen molar-refractivity contribution in [2.45, 2.75) is 12.3 Å². The quantitative estimate of drug-likeness (QED) is 0.874. The Labute approximate surface area is 89.0 Å². The van der Waals surface area contributed by atoms with E-state index >= 15 is 0 Å². The lowest BCUT2D eigenvalue weighted by molar-refractivity contribution is 0.815. The summed E-state index contributed by atoms with van der Waals surface area (Å²) in [7, 11) is 0. The SMILES string of the molecule is NCC1CC1c1cc(Br)c(Cl)s1. The smallest absolute Gasteiger partial charge is 0.107 e. The lowest BCUT2D eigenvalue weighted by Crippen LogP contribution is -2.01. The molecule has 0 bridgehead atoms. The highest BCUT2D eigenvalue weighted by Gasteiger charge is 2.38. The predicted octanol–water partition coefficient (Wildman–Crippen LogP) is 3.23. The van der Waals surface area contributed by atoms with Crippen LogP contribution in [0.4, 0.5) is 0 Å². The van der Waals surface area contributed by atoms with Crippen molar-refractivity contribution >= 4 is 38.9 Å². The fourth-order valence-corrected chi connectivity index (χ4v) is 3.35. The minimum atomic E-state index is 0.684. The Morgan fingerprint density at radius 2 is 2.50 bits per heavy atom. The van der Waals surface area contributed by atoms with Gasteiger partial charge in [-0.1, -0.05) is 11.6 Å². The zero-order valence-electron chi connectivity index (χ0n) is 6.39. The highest BCUT2D eigenvalue weighted by Crippen LogP contribution is 2.51. The van der Waals surface area contributed by atoms with Gasteiger partial charge in [-0.15, -0.1) is 11.3 Å². The van der Waals surface area contributed by atoms with Crippen LogP contribution in [0.5, 0.6) is 0 Å². The topological polar surface area (TPSA) is 26.0 Å². The maximum absolute atomic E-state index is 5.93. The minimum absolute atomic E-state index is 0.684. The maximum atomic E-state index is 5.93. The highest BCUT2D eigenvalue weighted by atomic mass is 79.9. The van der Waals surface area contributed by atoms with Crippen molar-refractivity contribution in [3.8, 4) is 0 Å². The Morgan fingerprint density at radius 3 is 2.92 bits per heavy atom. The van der Waals surface area contributed by atoms with Gasteiger partial charge in [0, 0.05) is 9.35 Å². The standard InChI is InChI=1S/C8H9BrClNS/c9-6-2-7(12-8(6)10)5-1-4(5)3-11/h2,4-5H,1,3,11H2. The van der Waals surface area contributed by atoms with Crippen LogP contribution in [0.15, 0.2) is 10.5 Å². The number of nitrogens with two attached hydrogens (primary N) is 1.